The van der Waals surface area contributed by atoms with E-state index in [2.05, 4.69) is 5.10 Å². The van der Waals surface area contributed by atoms with E-state index in [0.717, 1.165) is 16.6 Å². The number of aryl methyl sites for hydroxylation is 2. The molecule has 0 aliphatic rings. The van der Waals surface area contributed by atoms with Gasteiger partial charge in [0.15, 0.2) is 11.3 Å². The van der Waals surface area contributed by atoms with Gasteiger partial charge >= 0.3 is 0 Å². The molecule has 160 valence electrons. The molecule has 0 atom stereocenters. The van der Waals surface area contributed by atoms with Crippen molar-refractivity contribution in [2.75, 3.05) is 13.7 Å². The van der Waals surface area contributed by atoms with E-state index >= 15 is 0 Å². The second-order valence-corrected chi connectivity index (χ2v) is 7.60. The molecule has 0 aliphatic carbocycles. The minimum atomic E-state index is -0.177. The van der Waals surface area contributed by atoms with Crippen molar-refractivity contribution in [2.24, 2.45) is 5.10 Å². The van der Waals surface area contributed by atoms with Crippen molar-refractivity contribution in [1.82, 2.24) is 24.2 Å². The van der Waals surface area contributed by atoms with Gasteiger partial charge in [-0.1, -0.05) is 36.4 Å². The van der Waals surface area contributed by atoms with E-state index in [0.29, 0.717) is 46.7 Å². The van der Waals surface area contributed by atoms with Gasteiger partial charge in [0.25, 0.3) is 5.56 Å². The van der Waals surface area contributed by atoms with Crippen molar-refractivity contribution in [3.63, 3.8) is 0 Å². The Labute approximate surface area is 183 Å². The molecule has 2 aromatic carbocycles. The lowest BCUT2D eigenvalue weighted by atomic mass is 10.1. The number of fused-ring (bicyclic) bond motifs is 4. The first-order chi connectivity index (χ1) is 15.6. The minimum Gasteiger partial charge on any atom is -0.383 e. The molecule has 3 aromatic heterocycles. The zero-order chi connectivity index (χ0) is 22.2. The largest absolute Gasteiger partial charge is 0.383 e. The van der Waals surface area contributed by atoms with E-state index in [-0.39, 0.29) is 5.56 Å². The molecule has 32 heavy (non-hydrogen) atoms. The van der Waals surface area contributed by atoms with E-state index in [4.69, 9.17) is 19.7 Å². The first-order valence-corrected chi connectivity index (χ1v) is 10.4. The summed E-state index contributed by atoms with van der Waals surface area (Å²) in [6.07, 6.45) is 1.76. The van der Waals surface area contributed by atoms with Crippen molar-refractivity contribution in [2.45, 2.75) is 20.4 Å². The van der Waals surface area contributed by atoms with Crippen LogP contribution in [0.15, 0.2) is 58.4 Å². The molecule has 8 nitrogen and oxygen atoms in total. The maximum absolute atomic E-state index is 13.5. The van der Waals surface area contributed by atoms with E-state index in [1.165, 1.54) is 0 Å². The molecule has 0 spiro atoms. The fourth-order valence-electron chi connectivity index (χ4n) is 3.82. The third-order valence-corrected chi connectivity index (χ3v) is 5.55. The molecule has 0 aliphatic heterocycles. The van der Waals surface area contributed by atoms with Crippen molar-refractivity contribution >= 4 is 39.4 Å². The average Bonchev–Trinajstić information content (AvgIpc) is 3.09. The smallest absolute Gasteiger partial charge is 0.265 e. The lowest BCUT2D eigenvalue weighted by Gasteiger charge is -2.08. The second-order valence-electron chi connectivity index (χ2n) is 7.60. The Bertz CT molecular complexity index is 1560. The molecule has 3 heterocycles. The summed E-state index contributed by atoms with van der Waals surface area (Å²) in [5.41, 5.74) is 4.76. The van der Waals surface area contributed by atoms with Gasteiger partial charge in [-0.2, -0.15) is 9.78 Å². The van der Waals surface area contributed by atoms with Crippen molar-refractivity contribution < 1.29 is 4.74 Å². The van der Waals surface area contributed by atoms with Gasteiger partial charge in [0.05, 0.1) is 30.4 Å². The summed E-state index contributed by atoms with van der Waals surface area (Å²) in [6, 6.07) is 15.5. The van der Waals surface area contributed by atoms with Crippen LogP contribution < -0.4 is 5.56 Å². The highest BCUT2D eigenvalue weighted by atomic mass is 16.5. The molecule has 5 aromatic rings. The number of benzene rings is 2. The van der Waals surface area contributed by atoms with Crippen LogP contribution in [0.4, 0.5) is 0 Å². The Morgan fingerprint density at radius 1 is 0.969 bits per heavy atom. The highest BCUT2D eigenvalue weighted by Gasteiger charge is 2.21. The highest BCUT2D eigenvalue weighted by molar-refractivity contribution is 6.05. The summed E-state index contributed by atoms with van der Waals surface area (Å²) in [6.45, 7) is 4.65. The molecular formula is C24H22N6O2. The van der Waals surface area contributed by atoms with Crippen LogP contribution in [0.3, 0.4) is 0 Å². The summed E-state index contributed by atoms with van der Waals surface area (Å²) < 4.78 is 8.40. The predicted molar refractivity (Wildman–Crippen MR) is 125 cm³/mol. The lowest BCUT2D eigenvalue weighted by molar-refractivity contribution is 0.185. The molecule has 0 bridgehead atoms. The van der Waals surface area contributed by atoms with Gasteiger partial charge in [-0.05, 0) is 37.1 Å². The van der Waals surface area contributed by atoms with E-state index in [9.17, 15) is 4.79 Å². The molecule has 0 saturated carbocycles. The lowest BCUT2D eigenvalue weighted by Crippen LogP contribution is -2.25. The highest BCUT2D eigenvalue weighted by Crippen LogP contribution is 2.25. The number of ether oxygens (including phenoxy) is 1. The van der Waals surface area contributed by atoms with Crippen molar-refractivity contribution in [3.8, 4) is 0 Å². The van der Waals surface area contributed by atoms with Gasteiger partial charge in [-0.15, -0.1) is 0 Å². The maximum atomic E-state index is 13.5. The number of rotatable bonds is 5. The number of aromatic nitrogens is 5. The molecular weight excluding hydrogens is 404 g/mol. The monoisotopic (exact) mass is 426 g/mol. The number of hydrogen-bond donors (Lipinski definition) is 0. The molecule has 0 fully saturated rings. The zero-order valence-electron chi connectivity index (χ0n) is 18.1. The maximum Gasteiger partial charge on any atom is 0.265 e. The topological polar surface area (TPSA) is 87.2 Å². The Kier molecular flexibility index (Phi) is 4.99. The minimum absolute atomic E-state index is 0.177. The summed E-state index contributed by atoms with van der Waals surface area (Å²) >= 11 is 0. The van der Waals surface area contributed by atoms with E-state index in [1.807, 2.05) is 55.5 Å². The summed E-state index contributed by atoms with van der Waals surface area (Å²) in [5, 5.41) is 5.09. The summed E-state index contributed by atoms with van der Waals surface area (Å²) in [7, 11) is 1.61. The average molecular weight is 426 g/mol. The van der Waals surface area contributed by atoms with E-state index < -0.39 is 0 Å². The van der Waals surface area contributed by atoms with Crippen LogP contribution in [-0.2, 0) is 11.3 Å². The van der Waals surface area contributed by atoms with Gasteiger partial charge < -0.3 is 4.74 Å². The number of para-hydroxylation sites is 2. The third kappa shape index (κ3) is 3.25. The van der Waals surface area contributed by atoms with E-state index in [1.54, 1.807) is 29.5 Å². The van der Waals surface area contributed by atoms with Gasteiger partial charge in [0, 0.05) is 7.11 Å². The second kappa shape index (κ2) is 7.97. The molecule has 5 rings (SSSR count). The molecule has 0 saturated heterocycles. The molecule has 0 N–H and O–H groups in total. The molecule has 8 heteroatoms. The Morgan fingerprint density at radius 2 is 1.69 bits per heavy atom. The Hall–Kier alpha value is -3.91. The first-order valence-electron chi connectivity index (χ1n) is 10.4. The molecule has 0 radical (unpaired) electrons. The molecule has 0 amide bonds. The normalized spacial score (nSPS) is 12.0. The summed E-state index contributed by atoms with van der Waals surface area (Å²) in [5.74, 6) is 0.583. The number of methoxy groups -OCH3 is 1. The van der Waals surface area contributed by atoms with Crippen LogP contribution in [0.2, 0.25) is 0 Å². The standard InChI is InChI=1S/C24H22N6O2/c1-15-8-4-5-9-17(15)14-25-30-22-20(24(31)29(12-13-32-3)16(2)26-22)21-23(30)28-19-11-7-6-10-18(19)27-21/h4-11,14H,12-13H2,1-3H3/b25-14+. The van der Waals surface area contributed by atoms with Gasteiger partial charge in [-0.25, -0.2) is 15.0 Å². The van der Waals surface area contributed by atoms with Crippen LogP contribution in [0.5, 0.6) is 0 Å². The van der Waals surface area contributed by atoms with Gasteiger partial charge in [0.1, 0.15) is 16.7 Å². The Morgan fingerprint density at radius 3 is 2.44 bits per heavy atom. The van der Waals surface area contributed by atoms with Crippen LogP contribution in [0, 0.1) is 13.8 Å². The van der Waals surface area contributed by atoms with Gasteiger partial charge in [-0.3, -0.25) is 9.36 Å². The number of nitrogens with zero attached hydrogens (tertiary/aromatic N) is 6. The Balaban J connectivity index is 1.85. The fourth-order valence-corrected chi connectivity index (χ4v) is 3.82. The number of hydrogen-bond acceptors (Lipinski definition) is 6. The zero-order valence-corrected chi connectivity index (χ0v) is 18.1. The fraction of sp³-hybridized carbons (Fsp3) is 0.208. The first kappa shape index (κ1) is 20.0. The van der Waals surface area contributed by atoms with Crippen molar-refractivity contribution in [1.29, 1.82) is 0 Å². The summed E-state index contributed by atoms with van der Waals surface area (Å²) in [4.78, 5) is 27.8. The molecule has 0 unspecified atom stereocenters. The quantitative estimate of drug-likeness (QED) is 0.402. The SMILES string of the molecule is COCCn1c(C)nc2c(c1=O)c1nc3ccccc3nc1n2/N=C/c1ccccc1C. The predicted octanol–water partition coefficient (Wildman–Crippen LogP) is 3.44. The van der Waals surface area contributed by atoms with Crippen LogP contribution in [0.1, 0.15) is 17.0 Å². The van der Waals surface area contributed by atoms with Crippen molar-refractivity contribution in [3.05, 3.63) is 75.8 Å². The van der Waals surface area contributed by atoms with Crippen LogP contribution >= 0.6 is 0 Å². The van der Waals surface area contributed by atoms with Crippen LogP contribution in [0.25, 0.3) is 33.2 Å². The van der Waals surface area contributed by atoms with Crippen LogP contribution in [-0.4, -0.2) is 44.1 Å². The van der Waals surface area contributed by atoms with Gasteiger partial charge in [0.2, 0.25) is 0 Å². The third-order valence-electron chi connectivity index (χ3n) is 5.55.